The smallest absolute Gasteiger partial charge is 0.250 e. The lowest BCUT2D eigenvalue weighted by Gasteiger charge is -2.10. The summed E-state index contributed by atoms with van der Waals surface area (Å²) in [5, 5.41) is 8.21. The molecule has 2 N–H and O–H groups in total. The maximum absolute atomic E-state index is 11.7. The predicted octanol–water partition coefficient (Wildman–Crippen LogP) is 4.58. The predicted molar refractivity (Wildman–Crippen MR) is 94.2 cm³/mol. The first kappa shape index (κ1) is 16.0. The number of nitrogens with one attached hydrogen (secondary N) is 2. The Kier molecular flexibility index (Phi) is 5.76. The highest BCUT2D eigenvalue weighted by Gasteiger charge is 2.07. The van der Waals surface area contributed by atoms with E-state index in [-0.39, 0.29) is 11.0 Å². The maximum Gasteiger partial charge on any atom is 0.250 e. The van der Waals surface area contributed by atoms with Gasteiger partial charge in [0.2, 0.25) is 5.91 Å². The van der Waals surface area contributed by atoms with Crippen LogP contribution < -0.4 is 10.6 Å². The molecule has 3 nitrogen and oxygen atoms in total. The molecule has 0 saturated carbocycles. The maximum atomic E-state index is 11.7. The van der Waals surface area contributed by atoms with Gasteiger partial charge in [0.05, 0.1) is 15.7 Å². The molecular weight excluding hydrogens is 347 g/mol. The molecule has 0 unspecified atom stereocenters. The van der Waals surface area contributed by atoms with E-state index in [1.165, 1.54) is 6.08 Å². The second-order valence-electron chi connectivity index (χ2n) is 3.89. The van der Waals surface area contributed by atoms with Crippen LogP contribution in [0.4, 0.5) is 5.69 Å². The Balaban J connectivity index is 1.92. The first-order valence-electron chi connectivity index (χ1n) is 5.84. The summed E-state index contributed by atoms with van der Waals surface area (Å²) in [7, 11) is 0. The van der Waals surface area contributed by atoms with Crippen molar-refractivity contribution in [3.8, 4) is 0 Å². The lowest BCUT2D eigenvalue weighted by molar-refractivity contribution is -0.115. The number of carbonyl (C=O) groups excluding carboxylic acids is 1. The minimum absolute atomic E-state index is 0.153. The molecule has 0 saturated heterocycles. The molecule has 7 heteroatoms. The van der Waals surface area contributed by atoms with Gasteiger partial charge in [-0.1, -0.05) is 35.3 Å². The third-order valence-corrected chi connectivity index (χ3v) is 4.24. The first-order valence-corrected chi connectivity index (χ1v) is 7.88. The quantitative estimate of drug-likeness (QED) is 0.624. The van der Waals surface area contributed by atoms with Crippen LogP contribution in [0, 0.1) is 0 Å². The summed E-state index contributed by atoms with van der Waals surface area (Å²) in [6.07, 6.45) is 3.13. The number of rotatable bonds is 3. The van der Waals surface area contributed by atoms with Crippen molar-refractivity contribution in [2.24, 2.45) is 0 Å². The van der Waals surface area contributed by atoms with Crippen LogP contribution in [0.5, 0.6) is 0 Å². The molecule has 21 heavy (non-hydrogen) atoms. The minimum atomic E-state index is -0.320. The monoisotopic (exact) mass is 356 g/mol. The largest absolute Gasteiger partial charge is 0.331 e. The molecule has 0 fully saturated rings. The molecule has 2 rings (SSSR count). The number of carbonyl (C=O) groups is 1. The molecule has 0 atom stereocenters. The summed E-state index contributed by atoms with van der Waals surface area (Å²) in [4.78, 5) is 12.7. The lowest BCUT2D eigenvalue weighted by Crippen LogP contribution is -2.32. The molecule has 1 heterocycles. The average Bonchev–Trinajstić information content (AvgIpc) is 2.95. The van der Waals surface area contributed by atoms with E-state index in [0.29, 0.717) is 15.7 Å². The Bertz CT molecular complexity index is 684. The fourth-order valence-corrected chi connectivity index (χ4v) is 2.63. The number of thiophene rings is 1. The summed E-state index contributed by atoms with van der Waals surface area (Å²) in [6, 6.07) is 8.94. The van der Waals surface area contributed by atoms with E-state index in [9.17, 15) is 4.79 Å². The lowest BCUT2D eigenvalue weighted by atomic mass is 10.3. The van der Waals surface area contributed by atoms with Crippen LogP contribution in [0.25, 0.3) is 6.08 Å². The average molecular weight is 357 g/mol. The first-order chi connectivity index (χ1) is 10.1. The number of benzene rings is 1. The van der Waals surface area contributed by atoms with Crippen LogP contribution in [-0.2, 0) is 4.79 Å². The molecule has 0 aliphatic carbocycles. The highest BCUT2D eigenvalue weighted by Crippen LogP contribution is 2.29. The third kappa shape index (κ3) is 4.82. The van der Waals surface area contributed by atoms with Gasteiger partial charge in [-0.3, -0.25) is 10.1 Å². The van der Waals surface area contributed by atoms with Crippen molar-refractivity contribution in [1.82, 2.24) is 5.32 Å². The highest BCUT2D eigenvalue weighted by atomic mass is 35.5. The topological polar surface area (TPSA) is 41.1 Å². The van der Waals surface area contributed by atoms with Crippen LogP contribution in [0.3, 0.4) is 0 Å². The van der Waals surface area contributed by atoms with Crippen LogP contribution in [-0.4, -0.2) is 11.0 Å². The van der Waals surface area contributed by atoms with E-state index >= 15 is 0 Å². The van der Waals surface area contributed by atoms with Gasteiger partial charge in [-0.15, -0.1) is 11.3 Å². The molecule has 0 bridgehead atoms. The summed E-state index contributed by atoms with van der Waals surface area (Å²) in [5.41, 5.74) is 0.539. The van der Waals surface area contributed by atoms with E-state index in [4.69, 9.17) is 35.4 Å². The van der Waals surface area contributed by atoms with Gasteiger partial charge in [0.25, 0.3) is 0 Å². The number of amides is 1. The molecule has 0 spiro atoms. The van der Waals surface area contributed by atoms with Gasteiger partial charge in [-0.25, -0.2) is 0 Å². The Morgan fingerprint density at radius 1 is 1.24 bits per heavy atom. The molecule has 1 aromatic heterocycles. The number of halogens is 2. The van der Waals surface area contributed by atoms with E-state index in [2.05, 4.69) is 10.6 Å². The van der Waals surface area contributed by atoms with Crippen molar-refractivity contribution in [1.29, 1.82) is 0 Å². The number of thiocarbonyl (C=S) groups is 1. The second kappa shape index (κ2) is 7.56. The number of anilines is 1. The van der Waals surface area contributed by atoms with Crippen molar-refractivity contribution < 1.29 is 4.79 Å². The SMILES string of the molecule is O=C(/C=C\c1cccs1)NC(=S)Nc1cccc(Cl)c1Cl. The van der Waals surface area contributed by atoms with E-state index < -0.39 is 0 Å². The minimum Gasteiger partial charge on any atom is -0.331 e. The number of hydrogen-bond acceptors (Lipinski definition) is 3. The van der Waals surface area contributed by atoms with E-state index in [0.717, 1.165) is 4.88 Å². The van der Waals surface area contributed by atoms with Crippen molar-refractivity contribution >= 4 is 69.5 Å². The van der Waals surface area contributed by atoms with Crippen LogP contribution in [0.15, 0.2) is 41.8 Å². The molecular formula is C14H10Cl2N2OS2. The van der Waals surface area contributed by atoms with Gasteiger partial charge in [0, 0.05) is 11.0 Å². The molecule has 108 valence electrons. The van der Waals surface area contributed by atoms with Crippen molar-refractivity contribution in [2.45, 2.75) is 0 Å². The van der Waals surface area contributed by atoms with Gasteiger partial charge >= 0.3 is 0 Å². The third-order valence-electron chi connectivity index (χ3n) is 2.38. The molecule has 1 amide bonds. The van der Waals surface area contributed by atoms with E-state index in [1.807, 2.05) is 17.5 Å². The summed E-state index contributed by atoms with van der Waals surface area (Å²) in [5.74, 6) is -0.320. The molecule has 0 radical (unpaired) electrons. The zero-order valence-electron chi connectivity index (χ0n) is 10.6. The Morgan fingerprint density at radius 3 is 2.76 bits per heavy atom. The Hall–Kier alpha value is -1.40. The summed E-state index contributed by atoms with van der Waals surface area (Å²) < 4.78 is 0. The molecule has 0 aliphatic rings. The fraction of sp³-hybridized carbons (Fsp3) is 0. The van der Waals surface area contributed by atoms with Gasteiger partial charge < -0.3 is 5.32 Å². The highest BCUT2D eigenvalue weighted by molar-refractivity contribution is 7.80. The normalized spacial score (nSPS) is 10.6. The van der Waals surface area contributed by atoms with Crippen LogP contribution in [0.2, 0.25) is 10.0 Å². The Morgan fingerprint density at radius 2 is 2.05 bits per heavy atom. The van der Waals surface area contributed by atoms with Gasteiger partial charge in [-0.2, -0.15) is 0 Å². The summed E-state index contributed by atoms with van der Waals surface area (Å²) >= 11 is 18.5. The van der Waals surface area contributed by atoms with E-state index in [1.54, 1.807) is 35.6 Å². The summed E-state index contributed by atoms with van der Waals surface area (Å²) in [6.45, 7) is 0. The number of hydrogen-bond donors (Lipinski definition) is 2. The van der Waals surface area contributed by atoms with Crippen molar-refractivity contribution in [3.63, 3.8) is 0 Å². The van der Waals surface area contributed by atoms with Gasteiger partial charge in [0.15, 0.2) is 5.11 Å². The van der Waals surface area contributed by atoms with Gasteiger partial charge in [0.1, 0.15) is 0 Å². The second-order valence-corrected chi connectivity index (χ2v) is 6.07. The molecule has 1 aromatic carbocycles. The standard InChI is InChI=1S/C14H10Cl2N2OS2/c15-10-4-1-5-11(13(10)16)17-14(20)18-12(19)7-6-9-3-2-8-21-9/h1-8H,(H2,17,18,19,20)/b7-6-. The van der Waals surface area contributed by atoms with Crippen molar-refractivity contribution in [3.05, 3.63) is 56.7 Å². The molecule has 0 aliphatic heterocycles. The van der Waals surface area contributed by atoms with Crippen LogP contribution in [0.1, 0.15) is 4.88 Å². The molecule has 2 aromatic rings. The van der Waals surface area contributed by atoms with Gasteiger partial charge in [-0.05, 0) is 41.9 Å². The Labute approximate surface area is 141 Å². The zero-order valence-corrected chi connectivity index (χ0v) is 13.7. The fourth-order valence-electron chi connectivity index (χ4n) is 1.45. The zero-order chi connectivity index (χ0) is 15.2. The van der Waals surface area contributed by atoms with Crippen molar-refractivity contribution in [2.75, 3.05) is 5.32 Å². The van der Waals surface area contributed by atoms with Crippen LogP contribution >= 0.6 is 46.8 Å².